The maximum atomic E-state index is 5.32. The Hall–Kier alpha value is 1.47. The van der Waals surface area contributed by atoms with Crippen LogP contribution in [0, 0.1) is 17.8 Å². The second kappa shape index (κ2) is 3.24. The Morgan fingerprint density at radius 2 is 1.67 bits per heavy atom. The van der Waals surface area contributed by atoms with Gasteiger partial charge in [0, 0.05) is 22.6 Å². The highest BCUT2D eigenvalue weighted by molar-refractivity contribution is 14.1. The number of rotatable bonds is 0. The van der Waals surface area contributed by atoms with Crippen LogP contribution in [0.5, 0.6) is 0 Å². The highest BCUT2D eigenvalue weighted by atomic mass is 127. The van der Waals surface area contributed by atoms with Crippen molar-refractivity contribution in [2.45, 2.75) is 6.92 Å². The third kappa shape index (κ3) is 1.73. The van der Waals surface area contributed by atoms with Crippen LogP contribution in [0.4, 0.5) is 0 Å². The van der Waals surface area contributed by atoms with Crippen LogP contribution in [0.2, 0.25) is 0 Å². The molecule has 1 heterocycles. The number of halogens is 3. The van der Waals surface area contributed by atoms with Gasteiger partial charge in [-0.3, -0.25) is 0 Å². The average molecular weight is 460 g/mol. The molecule has 0 fully saturated rings. The van der Waals surface area contributed by atoms with Crippen LogP contribution in [0.25, 0.3) is 0 Å². The van der Waals surface area contributed by atoms with Gasteiger partial charge in [0.25, 0.3) is 0 Å². The number of hydrogen-bond acceptors (Lipinski definition) is 1. The van der Waals surface area contributed by atoms with E-state index in [9.17, 15) is 0 Å². The van der Waals surface area contributed by atoms with Crippen molar-refractivity contribution in [1.29, 1.82) is 0 Å². The molecule has 0 atom stereocenters. The van der Waals surface area contributed by atoms with Crippen LogP contribution in [-0.4, -0.2) is 0 Å². The number of furan rings is 1. The second-order valence-electron chi connectivity index (χ2n) is 1.56. The Bertz CT molecular complexity index is 206. The van der Waals surface area contributed by atoms with E-state index in [-0.39, 0.29) is 0 Å². The lowest BCUT2D eigenvalue weighted by Gasteiger charge is -1.80. The van der Waals surface area contributed by atoms with E-state index in [0.29, 0.717) is 0 Å². The van der Waals surface area contributed by atoms with Crippen LogP contribution < -0.4 is 0 Å². The first-order chi connectivity index (χ1) is 4.13. The number of hydrogen-bond donors (Lipinski definition) is 0. The molecule has 9 heavy (non-hydrogen) atoms. The standard InChI is InChI=1S/C5H3I3O/c1-2-3(6)4(7)5(8)9-2/h1H3. The quantitative estimate of drug-likeness (QED) is 0.542. The van der Waals surface area contributed by atoms with E-state index in [1.54, 1.807) is 0 Å². The summed E-state index contributed by atoms with van der Waals surface area (Å²) in [7, 11) is 0. The summed E-state index contributed by atoms with van der Waals surface area (Å²) in [5.74, 6) is 1.02. The molecule has 0 N–H and O–H groups in total. The molecule has 4 heteroatoms. The van der Waals surface area contributed by atoms with Gasteiger partial charge in [-0.25, -0.2) is 0 Å². The molecular weight excluding hydrogens is 457 g/mol. The van der Waals surface area contributed by atoms with E-state index in [0.717, 1.165) is 9.53 Å². The molecule has 0 aliphatic carbocycles. The predicted molar refractivity (Wildman–Crippen MR) is 61.6 cm³/mol. The fourth-order valence-corrected chi connectivity index (χ4v) is 2.43. The SMILES string of the molecule is Cc1oc(I)c(I)c1I. The predicted octanol–water partition coefficient (Wildman–Crippen LogP) is 3.40. The lowest BCUT2D eigenvalue weighted by molar-refractivity contribution is 0.504. The Morgan fingerprint density at radius 3 is 1.78 bits per heavy atom. The molecule has 1 rings (SSSR count). The van der Waals surface area contributed by atoms with Gasteiger partial charge < -0.3 is 4.42 Å². The molecule has 0 aliphatic rings. The molecule has 1 aromatic heterocycles. The summed E-state index contributed by atoms with van der Waals surface area (Å²) in [6.45, 7) is 1.98. The summed E-state index contributed by atoms with van der Waals surface area (Å²) >= 11 is 6.76. The molecule has 0 spiro atoms. The Balaban J connectivity index is 3.29. The molecule has 1 aromatic rings. The first kappa shape index (κ1) is 8.57. The van der Waals surface area contributed by atoms with Crippen molar-refractivity contribution in [1.82, 2.24) is 0 Å². The molecule has 0 saturated carbocycles. The maximum Gasteiger partial charge on any atom is 0.178 e. The normalized spacial score (nSPS) is 10.2. The summed E-state index contributed by atoms with van der Waals surface area (Å²) in [6.07, 6.45) is 0. The molecule has 0 radical (unpaired) electrons. The van der Waals surface area contributed by atoms with Gasteiger partial charge >= 0.3 is 0 Å². The third-order valence-electron chi connectivity index (χ3n) is 0.917. The molecule has 0 amide bonds. The Labute approximate surface area is 94.4 Å². The summed E-state index contributed by atoms with van der Waals surface area (Å²) in [4.78, 5) is 0. The minimum Gasteiger partial charge on any atom is -0.453 e. The summed E-state index contributed by atoms with van der Waals surface area (Å²) in [5, 5.41) is 0. The van der Waals surface area contributed by atoms with Gasteiger partial charge in [-0.05, 0) is 52.1 Å². The average Bonchev–Trinajstić information content (AvgIpc) is 1.98. The van der Waals surface area contributed by atoms with Crippen molar-refractivity contribution in [2.75, 3.05) is 0 Å². The van der Waals surface area contributed by atoms with Crippen molar-refractivity contribution in [3.05, 3.63) is 16.7 Å². The van der Waals surface area contributed by atoms with Gasteiger partial charge in [0.1, 0.15) is 5.76 Å². The highest BCUT2D eigenvalue weighted by Gasteiger charge is 2.09. The molecule has 0 saturated heterocycles. The van der Waals surface area contributed by atoms with E-state index in [4.69, 9.17) is 4.42 Å². The van der Waals surface area contributed by atoms with Gasteiger partial charge in [-0.1, -0.05) is 0 Å². The molecule has 0 aromatic carbocycles. The van der Waals surface area contributed by atoms with E-state index in [1.807, 2.05) is 6.92 Å². The zero-order chi connectivity index (χ0) is 7.02. The van der Waals surface area contributed by atoms with Crippen molar-refractivity contribution in [3.63, 3.8) is 0 Å². The molecule has 0 unspecified atom stereocenters. The molecule has 1 nitrogen and oxygen atoms in total. The lowest BCUT2D eigenvalue weighted by atomic mass is 10.5. The van der Waals surface area contributed by atoms with Crippen LogP contribution in [-0.2, 0) is 0 Å². The van der Waals surface area contributed by atoms with Crippen LogP contribution in [0.3, 0.4) is 0 Å². The molecule has 0 aliphatic heterocycles. The zero-order valence-corrected chi connectivity index (χ0v) is 11.0. The lowest BCUT2D eigenvalue weighted by Crippen LogP contribution is -1.71. The van der Waals surface area contributed by atoms with E-state index in [2.05, 4.69) is 67.8 Å². The van der Waals surface area contributed by atoms with Gasteiger partial charge in [0.2, 0.25) is 0 Å². The topological polar surface area (TPSA) is 13.1 Å². The van der Waals surface area contributed by atoms with Crippen LogP contribution >= 0.6 is 67.8 Å². The van der Waals surface area contributed by atoms with Crippen molar-refractivity contribution >= 4 is 67.8 Å². The second-order valence-corrected chi connectivity index (χ2v) is 4.70. The number of aryl methyl sites for hydroxylation is 1. The zero-order valence-electron chi connectivity index (χ0n) is 4.54. The van der Waals surface area contributed by atoms with Gasteiger partial charge in [-0.15, -0.1) is 0 Å². The van der Waals surface area contributed by atoms with Crippen molar-refractivity contribution in [3.8, 4) is 0 Å². The molecule has 0 bridgehead atoms. The Kier molecular flexibility index (Phi) is 3.09. The minimum absolute atomic E-state index is 0.995. The fraction of sp³-hybridized carbons (Fsp3) is 0.200. The summed E-state index contributed by atoms with van der Waals surface area (Å²) in [6, 6.07) is 0. The van der Waals surface area contributed by atoms with Crippen molar-refractivity contribution < 1.29 is 4.42 Å². The van der Waals surface area contributed by atoms with Gasteiger partial charge in [0.15, 0.2) is 3.77 Å². The third-order valence-corrected chi connectivity index (χ3v) is 6.07. The molecule has 50 valence electrons. The largest absolute Gasteiger partial charge is 0.453 e. The van der Waals surface area contributed by atoms with E-state index < -0.39 is 0 Å². The summed E-state index contributed by atoms with van der Waals surface area (Å²) < 4.78 is 8.77. The van der Waals surface area contributed by atoms with Crippen LogP contribution in [0.15, 0.2) is 4.42 Å². The summed E-state index contributed by atoms with van der Waals surface area (Å²) in [5.41, 5.74) is 0. The smallest absolute Gasteiger partial charge is 0.178 e. The minimum atomic E-state index is 0.995. The fourth-order valence-electron chi connectivity index (χ4n) is 0.465. The van der Waals surface area contributed by atoms with Crippen molar-refractivity contribution in [2.24, 2.45) is 0 Å². The van der Waals surface area contributed by atoms with Gasteiger partial charge in [0.05, 0.1) is 7.14 Å². The van der Waals surface area contributed by atoms with E-state index in [1.165, 1.54) is 7.14 Å². The highest BCUT2D eigenvalue weighted by Crippen LogP contribution is 2.26. The maximum absolute atomic E-state index is 5.32. The first-order valence-corrected chi connectivity index (χ1v) is 5.46. The monoisotopic (exact) mass is 460 g/mol. The van der Waals surface area contributed by atoms with E-state index >= 15 is 0 Å². The molecular formula is C5H3I3O. The first-order valence-electron chi connectivity index (χ1n) is 2.23. The van der Waals surface area contributed by atoms with Crippen LogP contribution in [0.1, 0.15) is 5.76 Å². The van der Waals surface area contributed by atoms with Gasteiger partial charge in [-0.2, -0.15) is 0 Å². The Morgan fingerprint density at radius 1 is 1.11 bits per heavy atom.